The molecule has 4 heteroatoms. The average molecular weight is 251 g/mol. The summed E-state index contributed by atoms with van der Waals surface area (Å²) in [5.41, 5.74) is 6.89. The highest BCUT2D eigenvalue weighted by molar-refractivity contribution is 7.90. The summed E-state index contributed by atoms with van der Waals surface area (Å²) in [6.07, 6.45) is 7.01. The normalized spacial score (nSPS) is 12.5. The average Bonchev–Trinajstić information content (AvgIpc) is 2.28. The highest BCUT2D eigenvalue weighted by Crippen LogP contribution is 2.14. The van der Waals surface area contributed by atoms with Gasteiger partial charge in [0.15, 0.2) is 9.84 Å². The minimum absolute atomic E-state index is 0.0140. The van der Waals surface area contributed by atoms with E-state index in [1.165, 1.54) is 0 Å². The molecule has 3 nitrogen and oxygen atoms in total. The van der Waals surface area contributed by atoms with Crippen molar-refractivity contribution in [2.45, 2.75) is 12.7 Å². The largest absolute Gasteiger partial charge is 0.398 e. The van der Waals surface area contributed by atoms with Crippen LogP contribution in [0.25, 0.3) is 0 Å². The molecule has 0 unspecified atom stereocenters. The van der Waals surface area contributed by atoms with E-state index in [0.717, 1.165) is 0 Å². The van der Waals surface area contributed by atoms with Crippen molar-refractivity contribution in [2.24, 2.45) is 0 Å². The summed E-state index contributed by atoms with van der Waals surface area (Å²) < 4.78 is 23.6. The molecule has 0 aromatic heterocycles. The molecular formula is C13H17NO2S. The molecule has 0 aliphatic heterocycles. The molecule has 0 aliphatic rings. The zero-order chi connectivity index (χ0) is 12.7. The minimum atomic E-state index is -3.14. The van der Waals surface area contributed by atoms with Crippen molar-refractivity contribution < 1.29 is 8.42 Å². The molecule has 0 saturated heterocycles. The van der Waals surface area contributed by atoms with Crippen LogP contribution in [-0.4, -0.2) is 14.2 Å². The number of hydrogen-bond acceptors (Lipinski definition) is 3. The SMILES string of the molecule is C/C=C\C=C/CS(=O)(=O)Cc1ccccc1N. The summed E-state index contributed by atoms with van der Waals surface area (Å²) in [7, 11) is -3.14. The van der Waals surface area contributed by atoms with E-state index >= 15 is 0 Å². The molecule has 0 radical (unpaired) electrons. The number of nitrogens with two attached hydrogens (primary N) is 1. The monoisotopic (exact) mass is 251 g/mol. The third kappa shape index (κ3) is 4.87. The molecule has 0 amide bonds. The van der Waals surface area contributed by atoms with Gasteiger partial charge in [-0.05, 0) is 18.6 Å². The van der Waals surface area contributed by atoms with E-state index < -0.39 is 9.84 Å². The zero-order valence-corrected chi connectivity index (χ0v) is 10.7. The number of anilines is 1. The van der Waals surface area contributed by atoms with Crippen LogP contribution in [-0.2, 0) is 15.6 Å². The van der Waals surface area contributed by atoms with Gasteiger partial charge in [0.1, 0.15) is 0 Å². The van der Waals surface area contributed by atoms with Crippen LogP contribution in [0, 0.1) is 0 Å². The first-order valence-electron chi connectivity index (χ1n) is 5.37. The maximum atomic E-state index is 11.8. The van der Waals surface area contributed by atoms with Gasteiger partial charge in [-0.25, -0.2) is 8.42 Å². The first kappa shape index (κ1) is 13.5. The Kier molecular flexibility index (Phi) is 4.97. The van der Waals surface area contributed by atoms with Gasteiger partial charge < -0.3 is 5.73 Å². The van der Waals surface area contributed by atoms with E-state index in [1.54, 1.807) is 42.5 Å². The Morgan fingerprint density at radius 1 is 1.24 bits per heavy atom. The number of rotatable bonds is 5. The van der Waals surface area contributed by atoms with E-state index in [-0.39, 0.29) is 11.5 Å². The molecule has 0 atom stereocenters. The van der Waals surface area contributed by atoms with E-state index in [0.29, 0.717) is 11.3 Å². The summed E-state index contributed by atoms with van der Waals surface area (Å²) in [5.74, 6) is 0.0194. The Morgan fingerprint density at radius 2 is 1.94 bits per heavy atom. The molecule has 0 spiro atoms. The van der Waals surface area contributed by atoms with Gasteiger partial charge in [0.25, 0.3) is 0 Å². The first-order valence-corrected chi connectivity index (χ1v) is 7.19. The van der Waals surface area contributed by atoms with Crippen LogP contribution in [0.3, 0.4) is 0 Å². The fourth-order valence-electron chi connectivity index (χ4n) is 1.35. The molecule has 0 aliphatic carbocycles. The van der Waals surface area contributed by atoms with Gasteiger partial charge in [-0.1, -0.05) is 42.5 Å². The van der Waals surface area contributed by atoms with E-state index in [2.05, 4.69) is 0 Å². The van der Waals surface area contributed by atoms with Crippen molar-refractivity contribution in [1.82, 2.24) is 0 Å². The van der Waals surface area contributed by atoms with E-state index in [9.17, 15) is 8.42 Å². The first-order chi connectivity index (χ1) is 8.05. The lowest BCUT2D eigenvalue weighted by atomic mass is 10.2. The Labute approximate surface area is 103 Å². The molecule has 17 heavy (non-hydrogen) atoms. The Morgan fingerprint density at radius 3 is 2.59 bits per heavy atom. The summed E-state index contributed by atoms with van der Waals surface area (Å²) in [6, 6.07) is 7.03. The number of sulfone groups is 1. The number of hydrogen-bond donors (Lipinski definition) is 1. The minimum Gasteiger partial charge on any atom is -0.398 e. The molecule has 1 aromatic carbocycles. The van der Waals surface area contributed by atoms with Crippen LogP contribution in [0.1, 0.15) is 12.5 Å². The van der Waals surface area contributed by atoms with Gasteiger partial charge in [0.05, 0.1) is 11.5 Å². The summed E-state index contributed by atoms with van der Waals surface area (Å²) in [4.78, 5) is 0. The van der Waals surface area contributed by atoms with Crippen molar-refractivity contribution >= 4 is 15.5 Å². The van der Waals surface area contributed by atoms with Crippen molar-refractivity contribution in [3.63, 3.8) is 0 Å². The fraction of sp³-hybridized carbons (Fsp3) is 0.231. The lowest BCUT2D eigenvalue weighted by Crippen LogP contribution is -2.09. The van der Waals surface area contributed by atoms with Crippen LogP contribution in [0.15, 0.2) is 48.6 Å². The number of allylic oxidation sites excluding steroid dienone is 3. The maximum absolute atomic E-state index is 11.8. The molecule has 1 rings (SSSR count). The van der Waals surface area contributed by atoms with Crippen LogP contribution < -0.4 is 5.73 Å². The lowest BCUT2D eigenvalue weighted by Gasteiger charge is -2.04. The van der Waals surface area contributed by atoms with Crippen LogP contribution in [0.2, 0.25) is 0 Å². The second-order valence-electron chi connectivity index (χ2n) is 3.71. The van der Waals surface area contributed by atoms with Crippen molar-refractivity contribution in [1.29, 1.82) is 0 Å². The highest BCUT2D eigenvalue weighted by atomic mass is 32.2. The van der Waals surface area contributed by atoms with E-state index in [4.69, 9.17) is 5.73 Å². The Hall–Kier alpha value is -1.55. The van der Waals surface area contributed by atoms with Gasteiger partial charge >= 0.3 is 0 Å². The fourth-order valence-corrected chi connectivity index (χ4v) is 2.61. The number of nitrogen functional groups attached to an aromatic ring is 1. The second-order valence-corrected chi connectivity index (χ2v) is 5.82. The molecule has 0 fully saturated rings. The summed E-state index contributed by atoms with van der Waals surface area (Å²) in [6.45, 7) is 1.88. The third-order valence-corrected chi connectivity index (χ3v) is 3.67. The van der Waals surface area contributed by atoms with Gasteiger partial charge in [0, 0.05) is 5.69 Å². The van der Waals surface area contributed by atoms with Crippen LogP contribution in [0.5, 0.6) is 0 Å². The Bertz CT molecular complexity index is 516. The Balaban J connectivity index is 2.71. The molecule has 92 valence electrons. The second kappa shape index (κ2) is 6.25. The van der Waals surface area contributed by atoms with E-state index in [1.807, 2.05) is 13.0 Å². The third-order valence-electron chi connectivity index (χ3n) is 2.22. The van der Waals surface area contributed by atoms with Crippen LogP contribution >= 0.6 is 0 Å². The zero-order valence-electron chi connectivity index (χ0n) is 9.84. The van der Waals surface area contributed by atoms with Crippen molar-refractivity contribution in [3.8, 4) is 0 Å². The molecule has 0 heterocycles. The van der Waals surface area contributed by atoms with Crippen molar-refractivity contribution in [2.75, 3.05) is 11.5 Å². The maximum Gasteiger partial charge on any atom is 0.158 e. The number of para-hydroxylation sites is 1. The molecular weight excluding hydrogens is 234 g/mol. The predicted molar refractivity (Wildman–Crippen MR) is 72.3 cm³/mol. The summed E-state index contributed by atoms with van der Waals surface area (Å²) >= 11 is 0. The predicted octanol–water partition coefficient (Wildman–Crippen LogP) is 2.32. The van der Waals surface area contributed by atoms with Crippen molar-refractivity contribution in [3.05, 3.63) is 54.1 Å². The molecule has 0 bridgehead atoms. The number of benzene rings is 1. The molecule has 1 aromatic rings. The van der Waals surface area contributed by atoms with Gasteiger partial charge in [-0.2, -0.15) is 0 Å². The standard InChI is InChI=1S/C13H17NO2S/c1-2-3-4-7-10-17(15,16)11-12-8-5-6-9-13(12)14/h2-9H,10-11,14H2,1H3/b3-2-,7-4-. The van der Waals surface area contributed by atoms with Gasteiger partial charge in [-0.15, -0.1) is 0 Å². The highest BCUT2D eigenvalue weighted by Gasteiger charge is 2.11. The lowest BCUT2D eigenvalue weighted by molar-refractivity contribution is 0.598. The topological polar surface area (TPSA) is 60.2 Å². The molecule has 0 saturated carbocycles. The summed E-state index contributed by atoms with van der Waals surface area (Å²) in [5, 5.41) is 0. The van der Waals surface area contributed by atoms with Gasteiger partial charge in [-0.3, -0.25) is 0 Å². The smallest absolute Gasteiger partial charge is 0.158 e. The van der Waals surface area contributed by atoms with Crippen LogP contribution in [0.4, 0.5) is 5.69 Å². The quantitative estimate of drug-likeness (QED) is 0.645. The van der Waals surface area contributed by atoms with Gasteiger partial charge in [0.2, 0.25) is 0 Å². The molecule has 2 N–H and O–H groups in total.